The third-order valence-corrected chi connectivity index (χ3v) is 9.57. The van der Waals surface area contributed by atoms with Crippen molar-refractivity contribution in [1.82, 2.24) is 10.2 Å². The Labute approximate surface area is 197 Å². The number of hydrogen-bond acceptors (Lipinski definition) is 9. The zero-order valence-corrected chi connectivity index (χ0v) is 20.9. The van der Waals surface area contributed by atoms with Crippen molar-refractivity contribution >= 4 is 46.7 Å². The summed E-state index contributed by atoms with van der Waals surface area (Å²) in [5.41, 5.74) is 2.25. The quantitative estimate of drug-likeness (QED) is 0.448. The zero-order chi connectivity index (χ0) is 24.3. The van der Waals surface area contributed by atoms with Crippen LogP contribution in [-0.4, -0.2) is 35.5 Å². The summed E-state index contributed by atoms with van der Waals surface area (Å²) in [5.74, 6) is -1.08. The van der Waals surface area contributed by atoms with Crippen molar-refractivity contribution in [2.45, 2.75) is 30.2 Å². The molecule has 0 saturated heterocycles. The van der Waals surface area contributed by atoms with Crippen molar-refractivity contribution in [3.8, 4) is 0 Å². The van der Waals surface area contributed by atoms with E-state index in [1.807, 2.05) is 6.92 Å². The summed E-state index contributed by atoms with van der Waals surface area (Å²) in [7, 11) is -11.7. The summed E-state index contributed by atoms with van der Waals surface area (Å²) in [6, 6.07) is 12.8. The lowest BCUT2D eigenvalue weighted by Crippen LogP contribution is -2.14. The fourth-order valence-corrected chi connectivity index (χ4v) is 7.84. The molecule has 0 saturated carbocycles. The van der Waals surface area contributed by atoms with Crippen molar-refractivity contribution < 1.29 is 25.3 Å². The topological polar surface area (TPSA) is 140 Å². The van der Waals surface area contributed by atoms with Gasteiger partial charge in [-0.1, -0.05) is 46.7 Å². The Morgan fingerprint density at radius 3 is 1.85 bits per heavy atom. The minimum atomic E-state index is -3.98. The first-order valence-corrected chi connectivity index (χ1v) is 15.2. The van der Waals surface area contributed by atoms with Crippen LogP contribution in [0.3, 0.4) is 0 Å². The van der Waals surface area contributed by atoms with Crippen LogP contribution in [0.1, 0.15) is 21.1 Å². The van der Waals surface area contributed by atoms with Gasteiger partial charge >= 0.3 is 0 Å². The third-order valence-electron chi connectivity index (χ3n) is 4.26. The fraction of sp³-hybridized carbons (Fsp3) is 0.200. The minimum absolute atomic E-state index is 0.0240. The summed E-state index contributed by atoms with van der Waals surface area (Å²) in [5, 5.41) is 8.88. The molecular weight excluding hydrogens is 507 g/mol. The molecule has 13 heteroatoms. The number of sulfone groups is 2. The number of hydrogen-bond donors (Lipinski definition) is 1. The van der Waals surface area contributed by atoms with Crippen molar-refractivity contribution in [2.75, 3.05) is 4.72 Å². The first kappa shape index (κ1) is 25.0. The lowest BCUT2D eigenvalue weighted by atomic mass is 10.2. The van der Waals surface area contributed by atoms with Crippen molar-refractivity contribution in [3.63, 3.8) is 0 Å². The van der Waals surface area contributed by atoms with Crippen LogP contribution in [0.4, 0.5) is 5.69 Å². The summed E-state index contributed by atoms with van der Waals surface area (Å²) in [4.78, 5) is -0.0240. The summed E-state index contributed by atoms with van der Waals surface area (Å²) in [6.07, 6.45) is 0. The van der Waals surface area contributed by atoms with Gasteiger partial charge in [0, 0.05) is 16.5 Å². The molecule has 9 nitrogen and oxygen atoms in total. The van der Waals surface area contributed by atoms with Gasteiger partial charge in [0.15, 0.2) is 9.84 Å². The van der Waals surface area contributed by atoms with Crippen molar-refractivity contribution in [3.05, 3.63) is 80.5 Å². The van der Waals surface area contributed by atoms with E-state index in [9.17, 15) is 25.3 Å². The number of anilines is 1. The van der Waals surface area contributed by atoms with Crippen molar-refractivity contribution in [1.29, 1.82) is 0 Å². The second kappa shape index (κ2) is 9.71. The SMILES string of the molecule is Cc1ccc(NS(=O)(=O)Cc2nnc(CS(=O)(=O)/C=C/S(=O)(=O)c3ccc(C)cc3)s2)cc1. The summed E-state index contributed by atoms with van der Waals surface area (Å²) < 4.78 is 76.5. The molecule has 0 spiro atoms. The van der Waals surface area contributed by atoms with Gasteiger partial charge in [-0.3, -0.25) is 4.72 Å². The number of rotatable bonds is 9. The highest BCUT2D eigenvalue weighted by Crippen LogP contribution is 2.19. The summed E-state index contributed by atoms with van der Waals surface area (Å²) in [6.45, 7) is 3.68. The van der Waals surface area contributed by atoms with Crippen LogP contribution in [0, 0.1) is 13.8 Å². The maximum atomic E-state index is 12.4. The lowest BCUT2D eigenvalue weighted by molar-refractivity contribution is 0.599. The molecule has 3 aromatic rings. The Balaban J connectivity index is 1.66. The van der Waals surface area contributed by atoms with Gasteiger partial charge in [-0.25, -0.2) is 25.3 Å². The number of aryl methyl sites for hydroxylation is 2. The predicted molar refractivity (Wildman–Crippen MR) is 127 cm³/mol. The second-order valence-corrected chi connectivity index (χ2v) is 13.8. The van der Waals surface area contributed by atoms with E-state index in [0.717, 1.165) is 22.5 Å². The van der Waals surface area contributed by atoms with E-state index < -0.39 is 41.2 Å². The molecular formula is C20H21N3O6S4. The molecule has 0 amide bonds. The van der Waals surface area contributed by atoms with Crippen LogP contribution < -0.4 is 4.72 Å². The monoisotopic (exact) mass is 527 g/mol. The van der Waals surface area contributed by atoms with Gasteiger partial charge in [0.2, 0.25) is 19.9 Å². The maximum absolute atomic E-state index is 12.4. The van der Waals surface area contributed by atoms with Gasteiger partial charge in [0.1, 0.15) is 21.5 Å². The van der Waals surface area contributed by atoms with Crippen LogP contribution >= 0.6 is 11.3 Å². The highest BCUT2D eigenvalue weighted by atomic mass is 32.2. The molecule has 0 unspecified atom stereocenters. The van der Waals surface area contributed by atoms with E-state index in [2.05, 4.69) is 14.9 Å². The summed E-state index contributed by atoms with van der Waals surface area (Å²) >= 11 is 0.827. The Bertz CT molecular complexity index is 1470. The van der Waals surface area contributed by atoms with Crippen LogP contribution in [0.5, 0.6) is 0 Å². The molecule has 176 valence electrons. The first-order chi connectivity index (χ1) is 15.3. The lowest BCUT2D eigenvalue weighted by Gasteiger charge is -2.06. The minimum Gasteiger partial charge on any atom is -0.283 e. The Morgan fingerprint density at radius 1 is 0.758 bits per heavy atom. The number of nitrogens with zero attached hydrogens (tertiary/aromatic N) is 2. The van der Waals surface area contributed by atoms with E-state index in [1.165, 1.54) is 12.1 Å². The number of benzene rings is 2. The van der Waals surface area contributed by atoms with Gasteiger partial charge in [0.05, 0.1) is 4.90 Å². The molecule has 2 aromatic carbocycles. The van der Waals surface area contributed by atoms with Gasteiger partial charge in [-0.15, -0.1) is 10.2 Å². The van der Waals surface area contributed by atoms with E-state index in [-0.39, 0.29) is 14.9 Å². The van der Waals surface area contributed by atoms with E-state index in [4.69, 9.17) is 0 Å². The molecule has 1 heterocycles. The molecule has 3 rings (SSSR count). The van der Waals surface area contributed by atoms with Crippen LogP contribution in [0.2, 0.25) is 0 Å². The number of aromatic nitrogens is 2. The molecule has 0 aliphatic carbocycles. The molecule has 0 aliphatic heterocycles. The molecule has 0 bridgehead atoms. The highest BCUT2D eigenvalue weighted by molar-refractivity contribution is 7.97. The molecule has 0 aliphatic rings. The van der Waals surface area contributed by atoms with Crippen LogP contribution in [0.15, 0.2) is 64.2 Å². The highest BCUT2D eigenvalue weighted by Gasteiger charge is 2.19. The standard InChI is InChI=1S/C20H21N3O6S4/c1-15-3-7-17(8-4-15)23-33(28,29)14-20-22-21-19(30-20)13-31(24,25)11-12-32(26,27)18-9-5-16(2)6-10-18/h3-12,23H,13-14H2,1-2H3/b12-11+. The maximum Gasteiger partial charge on any atom is 0.239 e. The van der Waals surface area contributed by atoms with Gasteiger partial charge in [-0.2, -0.15) is 0 Å². The van der Waals surface area contributed by atoms with E-state index in [1.54, 1.807) is 43.3 Å². The molecule has 33 heavy (non-hydrogen) atoms. The molecule has 1 N–H and O–H groups in total. The average molecular weight is 528 g/mol. The zero-order valence-electron chi connectivity index (χ0n) is 17.7. The fourth-order valence-electron chi connectivity index (χ4n) is 2.59. The Hall–Kier alpha value is -2.61. The molecule has 0 atom stereocenters. The van der Waals surface area contributed by atoms with E-state index >= 15 is 0 Å². The van der Waals surface area contributed by atoms with Crippen LogP contribution in [0.25, 0.3) is 0 Å². The Morgan fingerprint density at radius 2 is 1.27 bits per heavy atom. The van der Waals surface area contributed by atoms with Gasteiger partial charge in [0.25, 0.3) is 0 Å². The van der Waals surface area contributed by atoms with E-state index in [0.29, 0.717) is 16.5 Å². The smallest absolute Gasteiger partial charge is 0.239 e. The largest absolute Gasteiger partial charge is 0.283 e. The number of nitrogens with one attached hydrogen (secondary N) is 1. The molecule has 0 radical (unpaired) electrons. The molecule has 1 aromatic heterocycles. The first-order valence-electron chi connectivity index (χ1n) is 9.45. The van der Waals surface area contributed by atoms with Gasteiger partial charge in [-0.05, 0) is 38.1 Å². The third kappa shape index (κ3) is 7.45. The Kier molecular flexibility index (Phi) is 7.36. The second-order valence-electron chi connectivity index (χ2n) is 7.25. The van der Waals surface area contributed by atoms with Crippen molar-refractivity contribution in [2.24, 2.45) is 0 Å². The number of sulfonamides is 1. The average Bonchev–Trinajstić information content (AvgIpc) is 3.13. The predicted octanol–water partition coefficient (Wildman–Crippen LogP) is 2.96. The normalized spacial score (nSPS) is 12.8. The molecule has 0 fully saturated rings. The van der Waals surface area contributed by atoms with Gasteiger partial charge < -0.3 is 0 Å². The van der Waals surface area contributed by atoms with Crippen LogP contribution in [-0.2, 0) is 41.2 Å².